The molecule has 0 N–H and O–H groups in total. The fraction of sp³-hybridized carbons (Fsp3) is 0.286. The number of aliphatic imine (C=N–C) groups is 1. The number of halogens is 3. The van der Waals surface area contributed by atoms with Crippen LogP contribution in [0.15, 0.2) is 71.7 Å². The van der Waals surface area contributed by atoms with E-state index in [0.29, 0.717) is 48.3 Å². The molecule has 3 aromatic rings. The molecule has 1 saturated heterocycles. The van der Waals surface area contributed by atoms with Gasteiger partial charge in [-0.3, -0.25) is 4.79 Å². The number of ether oxygens (including phenoxy) is 3. The van der Waals surface area contributed by atoms with E-state index in [9.17, 15) is 18.0 Å². The normalized spacial score (nSPS) is 17.0. The summed E-state index contributed by atoms with van der Waals surface area (Å²) in [5.74, 6) is 2.15. The monoisotopic (exact) mass is 525 g/mol. The Kier molecular flexibility index (Phi) is 6.88. The van der Waals surface area contributed by atoms with Crippen LogP contribution in [-0.2, 0) is 11.0 Å². The van der Waals surface area contributed by atoms with Crippen LogP contribution in [-0.4, -0.2) is 60.9 Å². The summed E-state index contributed by atoms with van der Waals surface area (Å²) in [7, 11) is 1.53. The number of para-hydroxylation sites is 1. The Hall–Kier alpha value is -4.21. The standard InChI is InChI=1S/C28H26F3N3O4/c1-18-16-33(12-13-34(18)26(35)17-37-20-6-4-3-5-7-20)27-22-15-21(36-2)9-11-24(22)38-25-10-8-19(28(29,30)31)14-23(25)32-27/h3-11,14-15,18H,12-13,16-17H2,1-2H3/t18-/m1/s1. The second-order valence-electron chi connectivity index (χ2n) is 9.06. The van der Waals surface area contributed by atoms with Crippen LogP contribution < -0.4 is 14.2 Å². The van der Waals surface area contributed by atoms with Crippen molar-refractivity contribution >= 4 is 17.4 Å². The lowest BCUT2D eigenvalue weighted by molar-refractivity contribution is -0.138. The lowest BCUT2D eigenvalue weighted by Crippen LogP contribution is -2.56. The van der Waals surface area contributed by atoms with E-state index in [0.717, 1.165) is 12.1 Å². The topological polar surface area (TPSA) is 63.6 Å². The van der Waals surface area contributed by atoms with E-state index in [1.54, 1.807) is 35.2 Å². The summed E-state index contributed by atoms with van der Waals surface area (Å²) < 4.78 is 57.4. The molecular formula is C28H26F3N3O4. The van der Waals surface area contributed by atoms with E-state index in [-0.39, 0.29) is 30.0 Å². The van der Waals surface area contributed by atoms with Gasteiger partial charge in [0.25, 0.3) is 5.91 Å². The van der Waals surface area contributed by atoms with Gasteiger partial charge in [-0.15, -0.1) is 0 Å². The van der Waals surface area contributed by atoms with Gasteiger partial charge in [0, 0.05) is 25.7 Å². The van der Waals surface area contributed by atoms with Crippen LogP contribution >= 0.6 is 0 Å². The molecular weight excluding hydrogens is 499 g/mol. The summed E-state index contributed by atoms with van der Waals surface area (Å²) in [6.07, 6.45) is -4.52. The van der Waals surface area contributed by atoms with Crippen molar-refractivity contribution in [2.24, 2.45) is 4.99 Å². The minimum absolute atomic E-state index is 0.0763. The van der Waals surface area contributed by atoms with Gasteiger partial charge in [0.15, 0.2) is 12.4 Å². The maximum atomic E-state index is 13.5. The van der Waals surface area contributed by atoms with Crippen LogP contribution in [0, 0.1) is 0 Å². The number of rotatable bonds is 4. The van der Waals surface area contributed by atoms with Crippen LogP contribution in [0.3, 0.4) is 0 Å². The number of hydrogen-bond acceptors (Lipinski definition) is 6. The van der Waals surface area contributed by atoms with Gasteiger partial charge >= 0.3 is 6.18 Å². The predicted octanol–water partition coefficient (Wildman–Crippen LogP) is 5.51. The number of carbonyl (C=O) groups excluding carboxylic acids is 1. The Morgan fingerprint density at radius 1 is 1.03 bits per heavy atom. The van der Waals surface area contributed by atoms with Crippen LogP contribution in [0.2, 0.25) is 0 Å². The molecule has 0 saturated carbocycles. The number of fused-ring (bicyclic) bond motifs is 2. The number of hydrogen-bond donors (Lipinski definition) is 0. The van der Waals surface area contributed by atoms with Gasteiger partial charge < -0.3 is 24.0 Å². The number of nitrogens with zero attached hydrogens (tertiary/aromatic N) is 3. The third-order valence-electron chi connectivity index (χ3n) is 6.51. The molecule has 2 heterocycles. The molecule has 0 unspecified atom stereocenters. The highest BCUT2D eigenvalue weighted by Gasteiger charge is 2.34. The van der Waals surface area contributed by atoms with E-state index in [4.69, 9.17) is 14.2 Å². The van der Waals surface area contributed by atoms with Crippen molar-refractivity contribution in [2.45, 2.75) is 19.1 Å². The van der Waals surface area contributed by atoms with Gasteiger partial charge in [-0.05, 0) is 55.5 Å². The van der Waals surface area contributed by atoms with Gasteiger partial charge in [-0.25, -0.2) is 4.99 Å². The van der Waals surface area contributed by atoms with E-state index < -0.39 is 11.7 Å². The van der Waals surface area contributed by atoms with Crippen LogP contribution in [0.25, 0.3) is 0 Å². The highest BCUT2D eigenvalue weighted by molar-refractivity contribution is 6.04. The number of amides is 1. The van der Waals surface area contributed by atoms with Crippen molar-refractivity contribution in [3.8, 4) is 23.0 Å². The first-order valence-electron chi connectivity index (χ1n) is 12.1. The Bertz CT molecular complexity index is 1360. The predicted molar refractivity (Wildman–Crippen MR) is 135 cm³/mol. The summed E-state index contributed by atoms with van der Waals surface area (Å²) in [6.45, 7) is 3.07. The fourth-order valence-electron chi connectivity index (χ4n) is 4.57. The summed E-state index contributed by atoms with van der Waals surface area (Å²) >= 11 is 0. The molecule has 38 heavy (non-hydrogen) atoms. The second-order valence-corrected chi connectivity index (χ2v) is 9.06. The van der Waals surface area contributed by atoms with Crippen molar-refractivity contribution in [3.63, 3.8) is 0 Å². The largest absolute Gasteiger partial charge is 0.497 e. The first kappa shape index (κ1) is 25.4. The lowest BCUT2D eigenvalue weighted by Gasteiger charge is -2.41. The third-order valence-corrected chi connectivity index (χ3v) is 6.51. The molecule has 2 aliphatic rings. The summed E-state index contributed by atoms with van der Waals surface area (Å²) in [5.41, 5.74) is -0.144. The summed E-state index contributed by atoms with van der Waals surface area (Å²) in [6, 6.07) is 17.3. The van der Waals surface area contributed by atoms with E-state index in [2.05, 4.69) is 4.99 Å². The maximum Gasteiger partial charge on any atom is 0.416 e. The average Bonchev–Trinajstić information content (AvgIpc) is 3.07. The van der Waals surface area contributed by atoms with Gasteiger partial charge in [-0.1, -0.05) is 18.2 Å². The Morgan fingerprint density at radius 2 is 1.79 bits per heavy atom. The number of alkyl halides is 3. The molecule has 1 amide bonds. The van der Waals surface area contributed by atoms with Gasteiger partial charge in [0.1, 0.15) is 28.8 Å². The molecule has 0 bridgehead atoms. The first-order chi connectivity index (χ1) is 18.2. The van der Waals surface area contributed by atoms with Crippen molar-refractivity contribution < 1.29 is 32.2 Å². The molecule has 3 aromatic carbocycles. The van der Waals surface area contributed by atoms with Gasteiger partial charge in [0.05, 0.1) is 18.2 Å². The number of methoxy groups -OCH3 is 1. The zero-order chi connectivity index (χ0) is 26.9. The molecule has 0 radical (unpaired) electrons. The number of carbonyl (C=O) groups is 1. The zero-order valence-electron chi connectivity index (χ0n) is 20.9. The molecule has 10 heteroatoms. The number of benzene rings is 3. The molecule has 5 rings (SSSR count). The van der Waals surface area contributed by atoms with Gasteiger partial charge in [-0.2, -0.15) is 13.2 Å². The molecule has 198 valence electrons. The summed E-state index contributed by atoms with van der Waals surface area (Å²) in [4.78, 5) is 21.3. The van der Waals surface area contributed by atoms with E-state index in [1.807, 2.05) is 30.0 Å². The van der Waals surface area contributed by atoms with Crippen molar-refractivity contribution in [1.29, 1.82) is 0 Å². The molecule has 0 aromatic heterocycles. The lowest BCUT2D eigenvalue weighted by atomic mass is 10.1. The maximum absolute atomic E-state index is 13.5. The number of piperazine rings is 1. The van der Waals surface area contributed by atoms with E-state index >= 15 is 0 Å². The Morgan fingerprint density at radius 3 is 2.50 bits per heavy atom. The second kappa shape index (κ2) is 10.3. The molecule has 1 fully saturated rings. The fourth-order valence-corrected chi connectivity index (χ4v) is 4.57. The summed E-state index contributed by atoms with van der Waals surface area (Å²) in [5, 5.41) is 0. The van der Waals surface area contributed by atoms with Crippen LogP contribution in [0.1, 0.15) is 18.1 Å². The minimum Gasteiger partial charge on any atom is -0.497 e. The minimum atomic E-state index is -4.52. The van der Waals surface area contributed by atoms with Crippen molar-refractivity contribution in [3.05, 3.63) is 77.9 Å². The molecule has 0 aliphatic carbocycles. The molecule has 0 spiro atoms. The smallest absolute Gasteiger partial charge is 0.416 e. The van der Waals surface area contributed by atoms with Crippen LogP contribution in [0.4, 0.5) is 18.9 Å². The Labute approximate surface area is 218 Å². The molecule has 2 aliphatic heterocycles. The first-order valence-corrected chi connectivity index (χ1v) is 12.1. The van der Waals surface area contributed by atoms with Gasteiger partial charge in [0.2, 0.25) is 0 Å². The SMILES string of the molecule is COc1ccc2c(c1)C(N1CCN(C(=O)COc3ccccc3)[C@H](C)C1)=Nc1cc(C(F)(F)F)ccc1O2. The molecule has 1 atom stereocenters. The van der Waals surface area contributed by atoms with E-state index in [1.165, 1.54) is 13.2 Å². The highest BCUT2D eigenvalue weighted by Crippen LogP contribution is 2.42. The van der Waals surface area contributed by atoms with Crippen molar-refractivity contribution in [1.82, 2.24) is 9.80 Å². The van der Waals surface area contributed by atoms with Crippen molar-refractivity contribution in [2.75, 3.05) is 33.4 Å². The van der Waals surface area contributed by atoms with Crippen LogP contribution in [0.5, 0.6) is 23.0 Å². The quantitative estimate of drug-likeness (QED) is 0.450. The molecule has 7 nitrogen and oxygen atoms in total. The Balaban J connectivity index is 1.42. The average molecular weight is 526 g/mol. The third kappa shape index (κ3) is 5.25. The zero-order valence-corrected chi connectivity index (χ0v) is 20.9. The highest BCUT2D eigenvalue weighted by atomic mass is 19.4. The number of amidine groups is 1.